The molecule has 16 rings (SSSR count). The van der Waals surface area contributed by atoms with E-state index in [0.717, 1.165) is 59.5 Å². The molecule has 0 fully saturated rings. The smallest absolute Gasteiger partial charge is 0.242 e. The van der Waals surface area contributed by atoms with Crippen LogP contribution in [0.4, 0.5) is 0 Å². The van der Waals surface area contributed by atoms with Crippen LogP contribution in [0.5, 0.6) is 0 Å². The topological polar surface area (TPSA) is 83.1 Å². The molecule has 0 N–H and O–H groups in total. The Morgan fingerprint density at radius 1 is 0.232 bits per heavy atom. The van der Waals surface area contributed by atoms with E-state index in [9.17, 15) is 0 Å². The Hall–Kier alpha value is -10.3. The first-order valence-corrected chi connectivity index (χ1v) is 30.6. The fourth-order valence-corrected chi connectivity index (χ4v) is 20.2. The molecule has 9 nitrogen and oxygen atoms in total. The van der Waals surface area contributed by atoms with Crippen LogP contribution >= 0.6 is 20.1 Å². The minimum Gasteiger partial charge on any atom is -0.276 e. The second-order valence-electron chi connectivity index (χ2n) is 20.2. The first-order chi connectivity index (χ1) is 40.7. The van der Waals surface area contributed by atoms with Gasteiger partial charge in [0.15, 0.2) is 5.82 Å². The van der Waals surface area contributed by atoms with E-state index in [2.05, 4.69) is 303 Å². The molecule has 0 radical (unpaired) electrons. The number of aromatic nitrogens is 9. The fraction of sp³-hybridized carbons (Fsp3) is 0. The quantitative estimate of drug-likeness (QED) is 0.129. The van der Waals surface area contributed by atoms with E-state index in [4.69, 9.17) is 24.9 Å². The van der Waals surface area contributed by atoms with Crippen molar-refractivity contribution in [3.05, 3.63) is 297 Å². The largest absolute Gasteiger partial charge is 0.276 e. The second kappa shape index (κ2) is 19.2. The summed E-state index contributed by atoms with van der Waals surface area (Å²) in [5.74, 6) is 2.71. The molecule has 0 saturated carbocycles. The number of imidazole rings is 4. The van der Waals surface area contributed by atoms with Crippen molar-refractivity contribution in [2.45, 2.75) is 39.2 Å². The van der Waals surface area contributed by atoms with Crippen molar-refractivity contribution in [1.29, 1.82) is 0 Å². The molecule has 0 aliphatic carbocycles. The standard InChI is InChI=1S/C71H49N9S2/c1-7-27-51(28-8-1)81(52-29-9-2-10-30-52,53-31-11-3-12-32-53)57-47-50(48-58(49-57)82(54-33-13-4-14-34-54,55-35-15-5-16-36-55)56-37-17-6-18-38-56)67-74-68(79-65-45-25-23-43-63(65)77-61-41-21-19-39-59(61)72-70(77)79)76-69(75-67)80-66-46-26-24-44-64(66)78-62-42-22-20-40-60(62)73-71(78)80/h1-49H. The minimum absolute atomic E-state index is 0.418. The molecular weight excluding hydrogens is 1040 g/mol. The first kappa shape index (κ1) is 47.7. The van der Waals surface area contributed by atoms with Gasteiger partial charge in [0.1, 0.15) is 0 Å². The Balaban J connectivity index is 1.10. The van der Waals surface area contributed by atoms with Crippen molar-refractivity contribution in [3.63, 3.8) is 0 Å². The SMILES string of the molecule is c1ccc(S(c2ccccc2)(c2ccccc2)c2cc(-c3nc(-n4c5ccccc5n5c6ccccc6nc45)nc(-n4c5ccccc5n5c6ccccc6nc45)n3)cc(S(c3ccccc3)(c3ccccc3)c3ccccc3)c2)cc1. The molecule has 11 aromatic carbocycles. The van der Waals surface area contributed by atoms with E-state index in [1.165, 1.54) is 29.4 Å². The lowest BCUT2D eigenvalue weighted by atomic mass is 10.2. The summed E-state index contributed by atoms with van der Waals surface area (Å²) < 4.78 is 8.62. The number of hydrogen-bond acceptors (Lipinski definition) is 5. The number of para-hydroxylation sites is 8. The van der Waals surface area contributed by atoms with Crippen molar-refractivity contribution in [2.75, 3.05) is 0 Å². The van der Waals surface area contributed by atoms with Crippen molar-refractivity contribution in [1.82, 2.24) is 42.9 Å². The highest BCUT2D eigenvalue weighted by Crippen LogP contribution is 2.77. The van der Waals surface area contributed by atoms with Crippen LogP contribution in [0.25, 0.3) is 79.0 Å². The van der Waals surface area contributed by atoms with Gasteiger partial charge in [-0.2, -0.15) is 15.0 Å². The zero-order valence-electron chi connectivity index (χ0n) is 44.1. The van der Waals surface area contributed by atoms with Crippen LogP contribution in [0.1, 0.15) is 0 Å². The third kappa shape index (κ3) is 7.20. The van der Waals surface area contributed by atoms with Crippen LogP contribution in [0.3, 0.4) is 0 Å². The highest BCUT2D eigenvalue weighted by Gasteiger charge is 2.39. The molecule has 0 spiro atoms. The van der Waals surface area contributed by atoms with Crippen LogP contribution < -0.4 is 0 Å². The van der Waals surface area contributed by atoms with Crippen molar-refractivity contribution in [2.24, 2.45) is 0 Å². The van der Waals surface area contributed by atoms with Gasteiger partial charge in [-0.25, -0.2) is 19.1 Å². The van der Waals surface area contributed by atoms with Gasteiger partial charge in [0.05, 0.1) is 44.1 Å². The molecule has 0 aliphatic heterocycles. The van der Waals surface area contributed by atoms with Gasteiger partial charge in [0.2, 0.25) is 23.5 Å². The fourth-order valence-electron chi connectivity index (χ4n) is 12.2. The van der Waals surface area contributed by atoms with Gasteiger partial charge < -0.3 is 0 Å². The summed E-state index contributed by atoms with van der Waals surface area (Å²) in [4.78, 5) is 37.4. The number of benzene rings is 11. The average Bonchev–Trinajstić information content (AvgIpc) is 4.37. The number of hydrogen-bond donors (Lipinski definition) is 0. The highest BCUT2D eigenvalue weighted by atomic mass is 32.3. The van der Waals surface area contributed by atoms with Gasteiger partial charge in [-0.1, -0.05) is 158 Å². The van der Waals surface area contributed by atoms with Crippen LogP contribution in [0.2, 0.25) is 0 Å². The van der Waals surface area contributed by atoms with Crippen molar-refractivity contribution >= 4 is 75.7 Å². The van der Waals surface area contributed by atoms with Crippen LogP contribution in [0, 0.1) is 0 Å². The lowest BCUT2D eigenvalue weighted by Crippen LogP contribution is -2.12. The predicted octanol–water partition coefficient (Wildman–Crippen LogP) is 17.7. The third-order valence-corrected chi connectivity index (χ3v) is 23.4. The maximum absolute atomic E-state index is 5.78. The molecule has 5 heterocycles. The lowest BCUT2D eigenvalue weighted by Gasteiger charge is -2.45. The Labute approximate surface area is 475 Å². The minimum atomic E-state index is -2.32. The van der Waals surface area contributed by atoms with E-state index < -0.39 is 20.1 Å². The number of rotatable bonds is 11. The van der Waals surface area contributed by atoms with Crippen molar-refractivity contribution in [3.8, 4) is 23.3 Å². The Kier molecular flexibility index (Phi) is 11.2. The molecular formula is C71H49N9S2. The summed E-state index contributed by atoms with van der Waals surface area (Å²) in [6.07, 6.45) is 0. The maximum atomic E-state index is 5.78. The van der Waals surface area contributed by atoms with Crippen LogP contribution in [-0.2, 0) is 0 Å². The molecule has 82 heavy (non-hydrogen) atoms. The van der Waals surface area contributed by atoms with Gasteiger partial charge in [0.25, 0.3) is 0 Å². The molecule has 0 saturated heterocycles. The van der Waals surface area contributed by atoms with Gasteiger partial charge in [-0.15, -0.1) is 20.1 Å². The molecule has 0 bridgehead atoms. The molecule has 0 amide bonds. The Morgan fingerprint density at radius 3 is 0.841 bits per heavy atom. The summed E-state index contributed by atoms with van der Waals surface area (Å²) in [5.41, 5.74) is 8.33. The molecule has 390 valence electrons. The van der Waals surface area contributed by atoms with Crippen molar-refractivity contribution < 1.29 is 0 Å². The van der Waals surface area contributed by atoms with E-state index in [-0.39, 0.29) is 0 Å². The second-order valence-corrected chi connectivity index (χ2v) is 26.4. The predicted molar refractivity (Wildman–Crippen MR) is 331 cm³/mol. The molecule has 5 aromatic heterocycles. The summed E-state index contributed by atoms with van der Waals surface area (Å²) in [6.45, 7) is 0. The average molecular weight is 1090 g/mol. The zero-order chi connectivity index (χ0) is 54.2. The maximum Gasteiger partial charge on any atom is 0.242 e. The number of nitrogens with zero attached hydrogens (tertiary/aromatic N) is 9. The summed E-state index contributed by atoms with van der Waals surface area (Å²) >= 11 is 0. The normalized spacial score (nSPS) is 12.5. The third-order valence-electron chi connectivity index (χ3n) is 15.7. The van der Waals surface area contributed by atoms with Gasteiger partial charge in [-0.05, 0) is 140 Å². The Morgan fingerprint density at radius 2 is 0.512 bits per heavy atom. The molecule has 0 atom stereocenters. The summed E-state index contributed by atoms with van der Waals surface area (Å²) in [7, 11) is -4.64. The first-order valence-electron chi connectivity index (χ1n) is 27.3. The lowest BCUT2D eigenvalue weighted by molar-refractivity contribution is 0.877. The molecule has 0 unspecified atom stereocenters. The van der Waals surface area contributed by atoms with Gasteiger partial charge in [-0.3, -0.25) is 8.80 Å². The van der Waals surface area contributed by atoms with Gasteiger partial charge >= 0.3 is 0 Å². The van der Waals surface area contributed by atoms with Crippen LogP contribution in [-0.4, -0.2) is 42.9 Å². The van der Waals surface area contributed by atoms with Gasteiger partial charge in [0, 0.05) is 44.7 Å². The molecule has 16 aromatic rings. The zero-order valence-corrected chi connectivity index (χ0v) is 45.8. The van der Waals surface area contributed by atoms with E-state index in [0.29, 0.717) is 29.3 Å². The summed E-state index contributed by atoms with van der Waals surface area (Å²) in [5, 5.41) is 0. The Bertz CT molecular complexity index is 4540. The van der Waals surface area contributed by atoms with Crippen LogP contribution in [0.15, 0.2) is 336 Å². The molecule has 0 aliphatic rings. The molecule has 11 heteroatoms. The van der Waals surface area contributed by atoms with E-state index in [1.807, 2.05) is 12.1 Å². The summed E-state index contributed by atoms with van der Waals surface area (Å²) in [6, 6.07) is 107. The van der Waals surface area contributed by atoms with E-state index >= 15 is 0 Å². The number of fused-ring (bicyclic) bond motifs is 10. The highest BCUT2D eigenvalue weighted by molar-refractivity contribution is 8.34. The van der Waals surface area contributed by atoms with E-state index in [1.54, 1.807) is 0 Å². The monoisotopic (exact) mass is 1090 g/mol.